The standard InChI is InChI=1S/C24H24N2O4S/c1-15-14-24(2,3)20-21(27)25(16-6-10-18(28-4)11-7-16)23(31)26(22(20)30-15)17-8-12-19(29-5)13-9-17/h6-14H,1-5H3. The molecule has 1 aliphatic heterocycles. The van der Waals surface area contributed by atoms with Crippen molar-refractivity contribution in [2.75, 3.05) is 14.2 Å². The summed E-state index contributed by atoms with van der Waals surface area (Å²) in [7, 11) is 3.22. The molecule has 6 nitrogen and oxygen atoms in total. The first kappa shape index (κ1) is 20.9. The first-order chi connectivity index (χ1) is 14.8. The van der Waals surface area contributed by atoms with E-state index in [-0.39, 0.29) is 5.56 Å². The minimum absolute atomic E-state index is 0.205. The molecule has 0 N–H and O–H groups in total. The number of benzene rings is 2. The van der Waals surface area contributed by atoms with Crippen LogP contribution in [0.1, 0.15) is 26.3 Å². The SMILES string of the molecule is COc1ccc(-n2c3c(c(=O)n(-c4ccc(OC)cc4)c2=S)C(C)(C)C=C(C)O3)cc1. The highest BCUT2D eigenvalue weighted by atomic mass is 32.1. The second kappa shape index (κ2) is 7.74. The van der Waals surface area contributed by atoms with E-state index in [1.54, 1.807) is 30.9 Å². The van der Waals surface area contributed by atoms with E-state index < -0.39 is 5.41 Å². The van der Waals surface area contributed by atoms with E-state index in [4.69, 9.17) is 26.4 Å². The van der Waals surface area contributed by atoms with E-state index in [0.717, 1.165) is 17.2 Å². The molecule has 0 saturated carbocycles. The van der Waals surface area contributed by atoms with E-state index in [0.29, 0.717) is 27.7 Å². The maximum atomic E-state index is 13.7. The van der Waals surface area contributed by atoms with Gasteiger partial charge in [-0.1, -0.05) is 13.8 Å². The van der Waals surface area contributed by atoms with Crippen molar-refractivity contribution in [2.24, 2.45) is 0 Å². The molecule has 2 heterocycles. The molecule has 3 aromatic rings. The Balaban J connectivity index is 2.08. The molecule has 7 heteroatoms. The number of aromatic nitrogens is 2. The summed E-state index contributed by atoms with van der Waals surface area (Å²) < 4.78 is 20.3. The van der Waals surface area contributed by atoms with Crippen LogP contribution in [-0.4, -0.2) is 23.4 Å². The number of fused-ring (bicyclic) bond motifs is 1. The Bertz CT molecular complexity index is 1280. The van der Waals surface area contributed by atoms with Crippen LogP contribution in [0.15, 0.2) is 65.2 Å². The molecule has 160 valence electrons. The van der Waals surface area contributed by atoms with Gasteiger partial charge >= 0.3 is 0 Å². The predicted molar refractivity (Wildman–Crippen MR) is 123 cm³/mol. The summed E-state index contributed by atoms with van der Waals surface area (Å²) in [6.45, 7) is 5.87. The molecule has 1 aliphatic rings. The number of hydrogen-bond acceptors (Lipinski definition) is 5. The number of ether oxygens (including phenoxy) is 3. The molecule has 0 aliphatic carbocycles. The predicted octanol–water partition coefficient (Wildman–Crippen LogP) is 4.95. The summed E-state index contributed by atoms with van der Waals surface area (Å²) >= 11 is 5.83. The first-order valence-electron chi connectivity index (χ1n) is 9.85. The fourth-order valence-electron chi connectivity index (χ4n) is 3.92. The number of allylic oxidation sites excluding steroid dienone is 2. The zero-order valence-corrected chi connectivity index (χ0v) is 18.9. The zero-order chi connectivity index (χ0) is 22.3. The first-order valence-corrected chi connectivity index (χ1v) is 10.3. The molecule has 4 rings (SSSR count). The van der Waals surface area contributed by atoms with E-state index in [1.807, 2.05) is 63.2 Å². The normalized spacial score (nSPS) is 14.3. The molecule has 0 bridgehead atoms. The van der Waals surface area contributed by atoms with Crippen molar-refractivity contribution in [3.63, 3.8) is 0 Å². The molecule has 0 amide bonds. The van der Waals surface area contributed by atoms with Crippen molar-refractivity contribution in [1.29, 1.82) is 0 Å². The molecule has 0 saturated heterocycles. The molecule has 0 spiro atoms. The third kappa shape index (κ3) is 3.55. The lowest BCUT2D eigenvalue weighted by Crippen LogP contribution is -2.37. The van der Waals surface area contributed by atoms with E-state index in [9.17, 15) is 4.79 Å². The Hall–Kier alpha value is -3.32. The third-order valence-electron chi connectivity index (χ3n) is 5.34. The summed E-state index contributed by atoms with van der Waals surface area (Å²) in [6, 6.07) is 14.7. The van der Waals surface area contributed by atoms with Crippen LogP contribution >= 0.6 is 12.2 Å². The monoisotopic (exact) mass is 436 g/mol. The van der Waals surface area contributed by atoms with Gasteiger partial charge in [0.15, 0.2) is 4.77 Å². The lowest BCUT2D eigenvalue weighted by Gasteiger charge is -2.31. The van der Waals surface area contributed by atoms with Gasteiger partial charge in [-0.2, -0.15) is 0 Å². The molecule has 0 atom stereocenters. The van der Waals surface area contributed by atoms with Gasteiger partial charge in [0.1, 0.15) is 11.5 Å². The average Bonchev–Trinajstić information content (AvgIpc) is 2.73. The molecule has 0 radical (unpaired) electrons. The highest BCUT2D eigenvalue weighted by Gasteiger charge is 2.35. The van der Waals surface area contributed by atoms with Gasteiger partial charge < -0.3 is 14.2 Å². The molecule has 31 heavy (non-hydrogen) atoms. The highest BCUT2D eigenvalue weighted by Crippen LogP contribution is 2.38. The third-order valence-corrected chi connectivity index (χ3v) is 5.71. The van der Waals surface area contributed by atoms with E-state index in [1.165, 1.54) is 4.57 Å². The maximum absolute atomic E-state index is 13.7. The van der Waals surface area contributed by atoms with Crippen LogP contribution in [0.2, 0.25) is 0 Å². The van der Waals surface area contributed by atoms with Crippen LogP contribution < -0.4 is 19.8 Å². The highest BCUT2D eigenvalue weighted by molar-refractivity contribution is 7.71. The molecule has 0 unspecified atom stereocenters. The van der Waals surface area contributed by atoms with Gasteiger partial charge in [-0.25, -0.2) is 0 Å². The van der Waals surface area contributed by atoms with E-state index in [2.05, 4.69) is 0 Å². The zero-order valence-electron chi connectivity index (χ0n) is 18.1. The Morgan fingerprint density at radius 2 is 1.35 bits per heavy atom. The van der Waals surface area contributed by atoms with Crippen molar-refractivity contribution in [1.82, 2.24) is 9.13 Å². The maximum Gasteiger partial charge on any atom is 0.266 e. The Morgan fingerprint density at radius 3 is 1.84 bits per heavy atom. The van der Waals surface area contributed by atoms with E-state index >= 15 is 0 Å². The van der Waals surface area contributed by atoms with Gasteiger partial charge in [0.05, 0.1) is 36.9 Å². The quantitative estimate of drug-likeness (QED) is 0.542. The molecule has 0 fully saturated rings. The average molecular weight is 437 g/mol. The minimum Gasteiger partial charge on any atom is -0.497 e. The van der Waals surface area contributed by atoms with Gasteiger partial charge in [-0.3, -0.25) is 13.9 Å². The summed E-state index contributed by atoms with van der Waals surface area (Å²) in [5.41, 5.74) is 1.22. The summed E-state index contributed by atoms with van der Waals surface area (Å²) in [6.07, 6.45) is 1.95. The lowest BCUT2D eigenvalue weighted by atomic mass is 9.83. The van der Waals surface area contributed by atoms with Crippen LogP contribution in [0.5, 0.6) is 17.4 Å². The summed E-state index contributed by atoms with van der Waals surface area (Å²) in [4.78, 5) is 13.7. The van der Waals surface area contributed by atoms with Crippen LogP contribution in [0, 0.1) is 4.77 Å². The molecule has 1 aromatic heterocycles. The second-order valence-corrected chi connectivity index (χ2v) is 8.28. The Morgan fingerprint density at radius 1 is 0.871 bits per heavy atom. The van der Waals surface area contributed by atoms with Gasteiger partial charge in [-0.15, -0.1) is 0 Å². The smallest absolute Gasteiger partial charge is 0.266 e. The van der Waals surface area contributed by atoms with Gasteiger partial charge in [0.25, 0.3) is 5.56 Å². The van der Waals surface area contributed by atoms with Crippen molar-refractivity contribution in [3.8, 4) is 28.8 Å². The Labute approximate surface area is 185 Å². The van der Waals surface area contributed by atoms with Gasteiger partial charge in [0.2, 0.25) is 5.88 Å². The topological polar surface area (TPSA) is 54.6 Å². The fraction of sp³-hybridized carbons (Fsp3) is 0.250. The van der Waals surface area contributed by atoms with Crippen LogP contribution in [0.3, 0.4) is 0 Å². The fourth-order valence-corrected chi connectivity index (χ4v) is 4.29. The molecular formula is C24H24N2O4S. The number of hydrogen-bond donors (Lipinski definition) is 0. The van der Waals surface area contributed by atoms with Crippen molar-refractivity contribution in [2.45, 2.75) is 26.2 Å². The van der Waals surface area contributed by atoms with Crippen LogP contribution in [0.4, 0.5) is 0 Å². The largest absolute Gasteiger partial charge is 0.497 e. The van der Waals surface area contributed by atoms with Gasteiger partial charge in [0, 0.05) is 5.41 Å². The number of rotatable bonds is 4. The van der Waals surface area contributed by atoms with Crippen LogP contribution in [0.25, 0.3) is 11.4 Å². The minimum atomic E-state index is -0.541. The molecular weight excluding hydrogens is 412 g/mol. The molecule has 2 aromatic carbocycles. The van der Waals surface area contributed by atoms with Crippen molar-refractivity contribution in [3.05, 3.63) is 81.1 Å². The summed E-state index contributed by atoms with van der Waals surface area (Å²) in [5.74, 6) is 2.58. The van der Waals surface area contributed by atoms with Crippen molar-refractivity contribution < 1.29 is 14.2 Å². The second-order valence-electron chi connectivity index (χ2n) is 7.91. The lowest BCUT2D eigenvalue weighted by molar-refractivity contribution is 0.351. The van der Waals surface area contributed by atoms with Gasteiger partial charge in [-0.05, 0) is 73.7 Å². The van der Waals surface area contributed by atoms with Crippen LogP contribution in [-0.2, 0) is 5.41 Å². The number of methoxy groups -OCH3 is 2. The Kier molecular flexibility index (Phi) is 5.23. The number of nitrogens with zero attached hydrogens (tertiary/aromatic N) is 2. The summed E-state index contributed by atoms with van der Waals surface area (Å²) in [5, 5.41) is 0. The van der Waals surface area contributed by atoms with Crippen molar-refractivity contribution >= 4 is 12.2 Å².